The molecule has 3 rings (SSSR count). The number of carbonyl (C=O) groups is 1. The second-order valence-electron chi connectivity index (χ2n) is 5.32. The number of para-hydroxylation sites is 2. The van der Waals surface area contributed by atoms with Crippen molar-refractivity contribution in [3.8, 4) is 0 Å². The molecule has 4 nitrogen and oxygen atoms in total. The predicted octanol–water partition coefficient (Wildman–Crippen LogP) is 0.928. The van der Waals surface area contributed by atoms with Crippen LogP contribution in [0.5, 0.6) is 0 Å². The van der Waals surface area contributed by atoms with Gasteiger partial charge < -0.3 is 17.7 Å². The van der Waals surface area contributed by atoms with Gasteiger partial charge in [0, 0.05) is 17.6 Å². The summed E-state index contributed by atoms with van der Waals surface area (Å²) in [5.74, 6) is 0.0139. The average Bonchev–Trinajstić information content (AvgIpc) is 2.82. The van der Waals surface area contributed by atoms with E-state index in [2.05, 4.69) is 5.32 Å². The second kappa shape index (κ2) is 7.80. The molecule has 8 heteroatoms. The van der Waals surface area contributed by atoms with Crippen molar-refractivity contribution in [3.05, 3.63) is 59.4 Å². The molecule has 1 heterocycles. The lowest BCUT2D eigenvalue weighted by molar-refractivity contribution is -0.665. The molecule has 0 spiro atoms. The zero-order valence-electron chi connectivity index (χ0n) is 13.2. The van der Waals surface area contributed by atoms with E-state index >= 15 is 0 Å². The minimum Gasteiger partial charge on any atom is -1.00 e. The van der Waals surface area contributed by atoms with E-state index in [9.17, 15) is 13.6 Å². The number of anilines is 1. The third-order valence-corrected chi connectivity index (χ3v) is 4.05. The van der Waals surface area contributed by atoms with Crippen LogP contribution in [-0.2, 0) is 11.3 Å². The lowest BCUT2D eigenvalue weighted by atomic mass is 10.3. The number of imidazole rings is 1. The molecule has 0 aliphatic carbocycles. The molecule has 0 aliphatic heterocycles. The number of rotatable bonds is 4. The highest BCUT2D eigenvalue weighted by atomic mass is 35.5. The van der Waals surface area contributed by atoms with Crippen molar-refractivity contribution >= 4 is 34.2 Å². The summed E-state index contributed by atoms with van der Waals surface area (Å²) in [6.45, 7) is -1.16. The fourth-order valence-corrected chi connectivity index (χ4v) is 2.82. The summed E-state index contributed by atoms with van der Waals surface area (Å²) in [6, 6.07) is 13.5. The molecule has 0 bridgehead atoms. The quantitative estimate of drug-likeness (QED) is 0.666. The van der Waals surface area contributed by atoms with Gasteiger partial charge in [-0.25, -0.2) is 4.57 Å². The largest absolute Gasteiger partial charge is 1.00 e. The lowest BCUT2D eigenvalue weighted by Gasteiger charge is -2.05. The van der Waals surface area contributed by atoms with Gasteiger partial charge in [0.2, 0.25) is 0 Å². The third-order valence-electron chi connectivity index (χ3n) is 3.80. The molecule has 0 saturated heterocycles. The molecule has 1 aromatic heterocycles. The van der Waals surface area contributed by atoms with Crippen LogP contribution in [0.2, 0.25) is 5.02 Å². The van der Waals surface area contributed by atoms with Gasteiger partial charge in [0.25, 0.3) is 11.7 Å². The molecule has 0 aliphatic rings. The number of nitrogens with zero attached hydrogens (tertiary/aromatic N) is 2. The van der Waals surface area contributed by atoms with Crippen LogP contribution in [0, 0.1) is 6.92 Å². The SMILES string of the molecule is Cc1n(C(F)F)c2ccccc2[n+]1CC(=O)Nc1ccc(Cl)cc1.[Cl-]. The molecule has 0 radical (unpaired) electrons. The summed E-state index contributed by atoms with van der Waals surface area (Å²) in [5.41, 5.74) is 1.58. The standard InChI is InChI=1S/C17H14ClF2N3O.ClH/c1-11-22(10-16(24)21-13-8-6-12(18)7-9-13)14-4-2-3-5-15(14)23(11)17(19)20;/h2-9,17H,10H2,1H3;1H. The molecule has 0 saturated carbocycles. The number of alkyl halides is 2. The van der Waals surface area contributed by atoms with Gasteiger partial charge in [-0.15, -0.1) is 0 Å². The van der Waals surface area contributed by atoms with Crippen molar-refractivity contribution in [2.75, 3.05) is 5.32 Å². The number of hydrogen-bond acceptors (Lipinski definition) is 1. The van der Waals surface area contributed by atoms with E-state index in [1.807, 2.05) is 0 Å². The summed E-state index contributed by atoms with van der Waals surface area (Å²) in [7, 11) is 0. The first-order valence-corrected chi connectivity index (χ1v) is 7.68. The van der Waals surface area contributed by atoms with Gasteiger partial charge in [-0.05, 0) is 36.4 Å². The van der Waals surface area contributed by atoms with E-state index in [-0.39, 0.29) is 24.9 Å². The van der Waals surface area contributed by atoms with Crippen LogP contribution in [-0.4, -0.2) is 10.5 Å². The number of nitrogens with one attached hydrogen (secondary N) is 1. The molecule has 0 atom stereocenters. The Labute approximate surface area is 154 Å². The number of aromatic nitrogens is 2. The van der Waals surface area contributed by atoms with Crippen molar-refractivity contribution in [1.29, 1.82) is 0 Å². The Balaban J connectivity index is 0.00000225. The molecule has 3 aromatic rings. The van der Waals surface area contributed by atoms with Crippen LogP contribution in [0.15, 0.2) is 48.5 Å². The van der Waals surface area contributed by atoms with Gasteiger partial charge in [-0.3, -0.25) is 4.79 Å². The molecule has 132 valence electrons. The van der Waals surface area contributed by atoms with Crippen molar-refractivity contribution in [3.63, 3.8) is 0 Å². The number of amides is 1. The summed E-state index contributed by atoms with van der Waals surface area (Å²) >= 11 is 5.81. The number of carbonyl (C=O) groups excluding carboxylic acids is 1. The van der Waals surface area contributed by atoms with Gasteiger partial charge in [-0.1, -0.05) is 23.7 Å². The van der Waals surface area contributed by atoms with Crippen LogP contribution in [0.3, 0.4) is 0 Å². The smallest absolute Gasteiger partial charge is 0.387 e. The van der Waals surface area contributed by atoms with Gasteiger partial charge in [0.05, 0.1) is 0 Å². The average molecular weight is 386 g/mol. The Morgan fingerprint density at radius 1 is 1.20 bits per heavy atom. The minimum absolute atomic E-state index is 0. The van der Waals surface area contributed by atoms with Gasteiger partial charge >= 0.3 is 6.55 Å². The predicted molar refractivity (Wildman–Crippen MR) is 88.2 cm³/mol. The maximum atomic E-state index is 13.3. The van der Waals surface area contributed by atoms with E-state index in [1.165, 1.54) is 0 Å². The molecular formula is C17H15Cl2F2N3O. The molecule has 0 fully saturated rings. The maximum absolute atomic E-state index is 13.3. The Morgan fingerprint density at radius 3 is 2.48 bits per heavy atom. The van der Waals surface area contributed by atoms with Gasteiger partial charge in [-0.2, -0.15) is 13.3 Å². The zero-order chi connectivity index (χ0) is 17.3. The second-order valence-corrected chi connectivity index (χ2v) is 5.76. The van der Waals surface area contributed by atoms with E-state index in [4.69, 9.17) is 11.6 Å². The molecule has 25 heavy (non-hydrogen) atoms. The Kier molecular flexibility index (Phi) is 5.98. The zero-order valence-corrected chi connectivity index (χ0v) is 14.7. The first-order valence-electron chi connectivity index (χ1n) is 7.30. The Bertz CT molecular complexity index is 895. The summed E-state index contributed by atoms with van der Waals surface area (Å²) in [4.78, 5) is 12.3. The number of halogens is 4. The monoisotopic (exact) mass is 385 g/mol. The van der Waals surface area contributed by atoms with Crippen molar-refractivity contribution in [2.24, 2.45) is 0 Å². The van der Waals surface area contributed by atoms with Crippen LogP contribution in [0.4, 0.5) is 14.5 Å². The van der Waals surface area contributed by atoms with Crippen molar-refractivity contribution in [1.82, 2.24) is 4.57 Å². The maximum Gasteiger partial charge on any atom is 0.387 e. The molecule has 2 aromatic carbocycles. The number of hydrogen-bond donors (Lipinski definition) is 1. The summed E-state index contributed by atoms with van der Waals surface area (Å²) in [5, 5.41) is 3.30. The van der Waals surface area contributed by atoms with Crippen LogP contribution >= 0.6 is 11.6 Å². The molecule has 1 N–H and O–H groups in total. The van der Waals surface area contributed by atoms with Crippen LogP contribution in [0.1, 0.15) is 12.4 Å². The Hall–Kier alpha value is -2.18. The van der Waals surface area contributed by atoms with E-state index in [1.54, 1.807) is 60.0 Å². The van der Waals surface area contributed by atoms with Crippen LogP contribution in [0.25, 0.3) is 11.0 Å². The van der Waals surface area contributed by atoms with Gasteiger partial charge in [0.15, 0.2) is 17.6 Å². The third kappa shape index (κ3) is 3.91. The van der Waals surface area contributed by atoms with Crippen molar-refractivity contribution in [2.45, 2.75) is 20.0 Å². The first kappa shape index (κ1) is 19.1. The number of fused-ring (bicyclic) bond motifs is 1. The summed E-state index contributed by atoms with van der Waals surface area (Å²) < 4.78 is 29.2. The summed E-state index contributed by atoms with van der Waals surface area (Å²) in [6.07, 6.45) is 0. The molecular weight excluding hydrogens is 371 g/mol. The fourth-order valence-electron chi connectivity index (χ4n) is 2.70. The van der Waals surface area contributed by atoms with Gasteiger partial charge in [0.1, 0.15) is 0 Å². The van der Waals surface area contributed by atoms with Crippen molar-refractivity contribution < 1.29 is 30.5 Å². The number of benzene rings is 2. The molecule has 0 unspecified atom stereocenters. The highest BCUT2D eigenvalue weighted by Crippen LogP contribution is 2.21. The highest BCUT2D eigenvalue weighted by molar-refractivity contribution is 6.30. The van der Waals surface area contributed by atoms with Crippen LogP contribution < -0.4 is 22.3 Å². The minimum atomic E-state index is -2.67. The topological polar surface area (TPSA) is 37.9 Å². The Morgan fingerprint density at radius 2 is 1.84 bits per heavy atom. The van der Waals surface area contributed by atoms with E-state index in [0.29, 0.717) is 27.6 Å². The molecule has 1 amide bonds. The van der Waals surface area contributed by atoms with E-state index in [0.717, 1.165) is 4.57 Å². The fraction of sp³-hybridized carbons (Fsp3) is 0.176. The normalized spacial score (nSPS) is 10.8. The first-order chi connectivity index (χ1) is 11.5. The lowest BCUT2D eigenvalue weighted by Crippen LogP contribution is -3.00. The van der Waals surface area contributed by atoms with E-state index < -0.39 is 6.55 Å². The highest BCUT2D eigenvalue weighted by Gasteiger charge is 2.28.